The Bertz CT molecular complexity index is 426. The average Bonchev–Trinajstić information content (AvgIpc) is 2.78. The maximum atomic E-state index is 5.51. The molecule has 5 heteroatoms. The van der Waals surface area contributed by atoms with E-state index in [0.717, 1.165) is 5.56 Å². The Hall–Kier alpha value is -1.75. The van der Waals surface area contributed by atoms with Gasteiger partial charge in [-0.25, -0.2) is 0 Å². The fourth-order valence-corrected chi connectivity index (χ4v) is 1.15. The minimum absolute atomic E-state index is 0.0860. The third-order valence-corrected chi connectivity index (χ3v) is 2.14. The van der Waals surface area contributed by atoms with Gasteiger partial charge in [-0.3, -0.25) is 4.98 Å². The first kappa shape index (κ1) is 9.79. The number of aromatic nitrogens is 3. The van der Waals surface area contributed by atoms with Crippen LogP contribution in [0, 0.1) is 0 Å². The molecule has 2 N–H and O–H groups in total. The number of rotatable bonds is 3. The summed E-state index contributed by atoms with van der Waals surface area (Å²) in [5.74, 6) is 1.21. The van der Waals surface area contributed by atoms with E-state index < -0.39 is 0 Å². The van der Waals surface area contributed by atoms with E-state index in [0.29, 0.717) is 18.3 Å². The van der Waals surface area contributed by atoms with Crippen LogP contribution in [-0.4, -0.2) is 21.7 Å². The van der Waals surface area contributed by atoms with Gasteiger partial charge >= 0.3 is 0 Å². The summed E-state index contributed by atoms with van der Waals surface area (Å²) in [5.41, 5.74) is 6.36. The summed E-state index contributed by atoms with van der Waals surface area (Å²) in [6, 6.07) is 3.71. The normalized spacial score (nSPS) is 12.7. The molecule has 1 unspecified atom stereocenters. The summed E-state index contributed by atoms with van der Waals surface area (Å²) < 4.78 is 5.10. The Kier molecular flexibility index (Phi) is 2.73. The molecule has 15 heavy (non-hydrogen) atoms. The third-order valence-electron chi connectivity index (χ3n) is 2.14. The van der Waals surface area contributed by atoms with E-state index in [1.54, 1.807) is 12.4 Å². The SMILES string of the molecule is CC(CN)c1nc(-c2cccnc2)no1. The molecular formula is C10H12N4O. The molecule has 0 aromatic carbocycles. The van der Waals surface area contributed by atoms with Gasteiger partial charge in [-0.15, -0.1) is 0 Å². The fraction of sp³-hybridized carbons (Fsp3) is 0.300. The van der Waals surface area contributed by atoms with E-state index in [1.807, 2.05) is 19.1 Å². The first-order chi connectivity index (χ1) is 7.31. The van der Waals surface area contributed by atoms with E-state index in [9.17, 15) is 0 Å². The summed E-state index contributed by atoms with van der Waals surface area (Å²) in [5, 5.41) is 3.87. The molecule has 2 heterocycles. The van der Waals surface area contributed by atoms with Crippen LogP contribution < -0.4 is 5.73 Å². The lowest BCUT2D eigenvalue weighted by Crippen LogP contribution is -2.08. The zero-order valence-electron chi connectivity index (χ0n) is 8.42. The van der Waals surface area contributed by atoms with Crippen LogP contribution in [0.4, 0.5) is 0 Å². The van der Waals surface area contributed by atoms with Crippen LogP contribution in [0.3, 0.4) is 0 Å². The van der Waals surface area contributed by atoms with Crippen LogP contribution in [0.2, 0.25) is 0 Å². The Morgan fingerprint density at radius 2 is 2.40 bits per heavy atom. The van der Waals surface area contributed by atoms with Gasteiger partial charge in [-0.05, 0) is 12.1 Å². The molecule has 0 saturated carbocycles. The van der Waals surface area contributed by atoms with Gasteiger partial charge in [0.25, 0.3) is 0 Å². The molecule has 0 aliphatic rings. The summed E-state index contributed by atoms with van der Waals surface area (Å²) >= 11 is 0. The second-order valence-corrected chi connectivity index (χ2v) is 3.33. The van der Waals surface area contributed by atoms with Crippen molar-refractivity contribution in [2.45, 2.75) is 12.8 Å². The number of nitrogens with zero attached hydrogens (tertiary/aromatic N) is 3. The maximum Gasteiger partial charge on any atom is 0.231 e. The highest BCUT2D eigenvalue weighted by molar-refractivity contribution is 5.51. The van der Waals surface area contributed by atoms with Gasteiger partial charge in [-0.1, -0.05) is 12.1 Å². The highest BCUT2D eigenvalue weighted by Crippen LogP contribution is 2.17. The molecule has 78 valence electrons. The smallest absolute Gasteiger partial charge is 0.231 e. The van der Waals surface area contributed by atoms with Gasteiger partial charge in [0.15, 0.2) is 0 Å². The quantitative estimate of drug-likeness (QED) is 0.812. The van der Waals surface area contributed by atoms with Gasteiger partial charge in [-0.2, -0.15) is 4.98 Å². The second kappa shape index (κ2) is 4.18. The molecule has 0 saturated heterocycles. The molecule has 0 amide bonds. The Morgan fingerprint density at radius 3 is 3.07 bits per heavy atom. The molecule has 1 atom stereocenters. The van der Waals surface area contributed by atoms with Crippen molar-refractivity contribution >= 4 is 0 Å². The Labute approximate surface area is 87.3 Å². The van der Waals surface area contributed by atoms with Gasteiger partial charge in [0.2, 0.25) is 11.7 Å². The van der Waals surface area contributed by atoms with Crippen molar-refractivity contribution in [2.75, 3.05) is 6.54 Å². The van der Waals surface area contributed by atoms with Crippen LogP contribution >= 0.6 is 0 Å². The van der Waals surface area contributed by atoms with Crippen LogP contribution in [0.25, 0.3) is 11.4 Å². The molecular weight excluding hydrogens is 192 g/mol. The lowest BCUT2D eigenvalue weighted by Gasteiger charge is -1.98. The lowest BCUT2D eigenvalue weighted by atomic mass is 10.2. The monoisotopic (exact) mass is 204 g/mol. The van der Waals surface area contributed by atoms with Crippen molar-refractivity contribution in [3.8, 4) is 11.4 Å². The van der Waals surface area contributed by atoms with Crippen LogP contribution in [0.1, 0.15) is 18.7 Å². The highest BCUT2D eigenvalue weighted by Gasteiger charge is 2.13. The molecule has 5 nitrogen and oxygen atoms in total. The zero-order chi connectivity index (χ0) is 10.7. The molecule has 2 aromatic rings. The molecule has 0 radical (unpaired) electrons. The topological polar surface area (TPSA) is 77.8 Å². The lowest BCUT2D eigenvalue weighted by molar-refractivity contribution is 0.361. The summed E-state index contributed by atoms with van der Waals surface area (Å²) in [7, 11) is 0. The summed E-state index contributed by atoms with van der Waals surface area (Å²) in [4.78, 5) is 8.24. The van der Waals surface area contributed by atoms with E-state index in [4.69, 9.17) is 10.3 Å². The van der Waals surface area contributed by atoms with Crippen molar-refractivity contribution in [1.29, 1.82) is 0 Å². The second-order valence-electron chi connectivity index (χ2n) is 3.33. The average molecular weight is 204 g/mol. The first-order valence-electron chi connectivity index (χ1n) is 4.75. The van der Waals surface area contributed by atoms with Crippen LogP contribution in [0.15, 0.2) is 29.0 Å². The maximum absolute atomic E-state index is 5.51. The molecule has 0 aliphatic carbocycles. The molecule has 0 fully saturated rings. The third kappa shape index (κ3) is 2.02. The van der Waals surface area contributed by atoms with Gasteiger partial charge < -0.3 is 10.3 Å². The van der Waals surface area contributed by atoms with E-state index in [1.165, 1.54) is 0 Å². The predicted molar refractivity (Wildman–Crippen MR) is 55.0 cm³/mol. The van der Waals surface area contributed by atoms with Gasteiger partial charge in [0.05, 0.1) is 0 Å². The van der Waals surface area contributed by atoms with Crippen molar-refractivity contribution in [1.82, 2.24) is 15.1 Å². The minimum atomic E-state index is 0.0860. The van der Waals surface area contributed by atoms with Gasteiger partial charge in [0.1, 0.15) is 0 Å². The van der Waals surface area contributed by atoms with Crippen molar-refractivity contribution < 1.29 is 4.52 Å². The van der Waals surface area contributed by atoms with E-state index >= 15 is 0 Å². The zero-order valence-corrected chi connectivity index (χ0v) is 8.42. The Balaban J connectivity index is 2.28. The summed E-state index contributed by atoms with van der Waals surface area (Å²) in [6.07, 6.45) is 3.40. The van der Waals surface area contributed by atoms with E-state index in [2.05, 4.69) is 15.1 Å². The van der Waals surface area contributed by atoms with Crippen LogP contribution in [0.5, 0.6) is 0 Å². The minimum Gasteiger partial charge on any atom is -0.339 e. The molecule has 0 aliphatic heterocycles. The highest BCUT2D eigenvalue weighted by atomic mass is 16.5. The van der Waals surface area contributed by atoms with Gasteiger partial charge in [0, 0.05) is 30.4 Å². The standard InChI is InChI=1S/C10H12N4O/c1-7(5-11)10-13-9(14-15-10)8-3-2-4-12-6-8/h2-4,6-7H,5,11H2,1H3. The number of nitrogens with two attached hydrogens (primary N) is 1. The molecule has 2 aromatic heterocycles. The molecule has 2 rings (SSSR count). The number of pyridine rings is 1. The Morgan fingerprint density at radius 1 is 1.53 bits per heavy atom. The first-order valence-corrected chi connectivity index (χ1v) is 4.75. The summed E-state index contributed by atoms with van der Waals surface area (Å²) in [6.45, 7) is 2.44. The van der Waals surface area contributed by atoms with Crippen molar-refractivity contribution in [2.24, 2.45) is 5.73 Å². The fourth-order valence-electron chi connectivity index (χ4n) is 1.15. The largest absolute Gasteiger partial charge is 0.339 e. The van der Waals surface area contributed by atoms with E-state index in [-0.39, 0.29) is 5.92 Å². The molecule has 0 spiro atoms. The predicted octanol–water partition coefficient (Wildman–Crippen LogP) is 1.19. The van der Waals surface area contributed by atoms with Crippen molar-refractivity contribution in [3.05, 3.63) is 30.4 Å². The van der Waals surface area contributed by atoms with Crippen LogP contribution in [-0.2, 0) is 0 Å². The molecule has 0 bridgehead atoms. The van der Waals surface area contributed by atoms with Crippen molar-refractivity contribution in [3.63, 3.8) is 0 Å². The number of hydrogen-bond donors (Lipinski definition) is 1. The number of hydrogen-bond acceptors (Lipinski definition) is 5.